The van der Waals surface area contributed by atoms with Crippen LogP contribution in [-0.4, -0.2) is 31.2 Å². The van der Waals surface area contributed by atoms with Crippen LogP contribution in [0.2, 0.25) is 0 Å². The summed E-state index contributed by atoms with van der Waals surface area (Å²) in [6, 6.07) is 9.66. The number of rotatable bonds is 8. The summed E-state index contributed by atoms with van der Waals surface area (Å²) in [7, 11) is 3.20. The minimum absolute atomic E-state index is 0.0437. The van der Waals surface area contributed by atoms with Crippen LogP contribution in [0.25, 0.3) is 11.1 Å². The third-order valence-corrected chi connectivity index (χ3v) is 4.82. The van der Waals surface area contributed by atoms with E-state index in [4.69, 9.17) is 14.6 Å². The molecule has 0 atom stereocenters. The van der Waals surface area contributed by atoms with Crippen LogP contribution < -0.4 is 14.8 Å². The SMILES string of the molecule is COc1ccc(-c2ccc3c(c2)CNC3=O)c(CCCCC(=O)O)c1OC. The number of hydrogen-bond donors (Lipinski definition) is 2. The molecule has 27 heavy (non-hydrogen) atoms. The summed E-state index contributed by atoms with van der Waals surface area (Å²) in [6.07, 6.45) is 2.15. The Morgan fingerprint density at radius 1 is 1.11 bits per heavy atom. The molecule has 3 rings (SSSR count). The quantitative estimate of drug-likeness (QED) is 0.697. The van der Waals surface area contributed by atoms with E-state index in [1.54, 1.807) is 14.2 Å². The van der Waals surface area contributed by atoms with Gasteiger partial charge in [-0.25, -0.2) is 0 Å². The van der Waals surface area contributed by atoms with Gasteiger partial charge in [0.1, 0.15) is 0 Å². The van der Waals surface area contributed by atoms with Gasteiger partial charge in [-0.2, -0.15) is 0 Å². The highest BCUT2D eigenvalue weighted by atomic mass is 16.5. The lowest BCUT2D eigenvalue weighted by Gasteiger charge is -2.17. The summed E-state index contributed by atoms with van der Waals surface area (Å²) < 4.78 is 11.0. The van der Waals surface area contributed by atoms with Crippen molar-refractivity contribution in [3.05, 3.63) is 47.0 Å². The summed E-state index contributed by atoms with van der Waals surface area (Å²) in [5.41, 5.74) is 4.68. The van der Waals surface area contributed by atoms with E-state index in [1.165, 1.54) is 0 Å². The molecule has 2 aromatic rings. The molecule has 6 nitrogen and oxygen atoms in total. The fraction of sp³-hybridized carbons (Fsp3) is 0.333. The van der Waals surface area contributed by atoms with Gasteiger partial charge in [0.15, 0.2) is 11.5 Å². The van der Waals surface area contributed by atoms with Gasteiger partial charge >= 0.3 is 5.97 Å². The number of ether oxygens (including phenoxy) is 2. The van der Waals surface area contributed by atoms with Crippen LogP contribution in [0.4, 0.5) is 0 Å². The van der Waals surface area contributed by atoms with Gasteiger partial charge in [-0.3, -0.25) is 9.59 Å². The predicted molar refractivity (Wildman–Crippen MR) is 101 cm³/mol. The third kappa shape index (κ3) is 3.89. The van der Waals surface area contributed by atoms with Crippen molar-refractivity contribution in [3.8, 4) is 22.6 Å². The van der Waals surface area contributed by atoms with Crippen molar-refractivity contribution in [2.45, 2.75) is 32.2 Å². The molecular weight excluding hydrogens is 346 g/mol. The average molecular weight is 369 g/mol. The van der Waals surface area contributed by atoms with Gasteiger partial charge in [0.05, 0.1) is 14.2 Å². The van der Waals surface area contributed by atoms with E-state index in [9.17, 15) is 9.59 Å². The van der Waals surface area contributed by atoms with E-state index in [2.05, 4.69) is 5.32 Å². The maximum atomic E-state index is 11.8. The van der Waals surface area contributed by atoms with Crippen molar-refractivity contribution in [2.24, 2.45) is 0 Å². The summed E-state index contributed by atoms with van der Waals surface area (Å²) in [5, 5.41) is 11.7. The largest absolute Gasteiger partial charge is 0.493 e. The monoisotopic (exact) mass is 369 g/mol. The zero-order chi connectivity index (χ0) is 19.4. The Morgan fingerprint density at radius 3 is 2.59 bits per heavy atom. The van der Waals surface area contributed by atoms with Gasteiger partial charge in [-0.15, -0.1) is 0 Å². The number of benzene rings is 2. The number of carbonyl (C=O) groups is 2. The molecule has 1 heterocycles. The van der Waals surface area contributed by atoms with E-state index in [1.807, 2.05) is 30.3 Å². The van der Waals surface area contributed by atoms with Crippen LogP contribution in [0.1, 0.15) is 40.7 Å². The Morgan fingerprint density at radius 2 is 1.89 bits per heavy atom. The second kappa shape index (κ2) is 8.12. The molecule has 0 unspecified atom stereocenters. The van der Waals surface area contributed by atoms with Crippen molar-refractivity contribution >= 4 is 11.9 Å². The number of aliphatic carboxylic acids is 1. The molecule has 1 amide bonds. The van der Waals surface area contributed by atoms with E-state index in [0.29, 0.717) is 36.4 Å². The molecule has 0 bridgehead atoms. The number of carbonyl (C=O) groups excluding carboxylic acids is 1. The molecule has 0 saturated carbocycles. The maximum absolute atomic E-state index is 11.8. The van der Waals surface area contributed by atoms with Crippen LogP contribution in [0.15, 0.2) is 30.3 Å². The molecule has 2 aromatic carbocycles. The number of unbranched alkanes of at least 4 members (excludes halogenated alkanes) is 1. The first-order valence-corrected chi connectivity index (χ1v) is 8.92. The Balaban J connectivity index is 1.98. The van der Waals surface area contributed by atoms with Crippen LogP contribution in [0.3, 0.4) is 0 Å². The van der Waals surface area contributed by atoms with Crippen molar-refractivity contribution in [1.29, 1.82) is 0 Å². The first-order chi connectivity index (χ1) is 13.0. The lowest BCUT2D eigenvalue weighted by molar-refractivity contribution is -0.137. The Hall–Kier alpha value is -3.02. The number of methoxy groups -OCH3 is 2. The molecule has 1 aliphatic heterocycles. The second-order valence-corrected chi connectivity index (χ2v) is 6.48. The van der Waals surface area contributed by atoms with Crippen LogP contribution in [0.5, 0.6) is 11.5 Å². The molecule has 142 valence electrons. The fourth-order valence-electron chi connectivity index (χ4n) is 3.49. The standard InChI is InChI=1S/C21H23NO5/c1-26-18-10-9-15(13-7-8-16-14(11-13)12-22-21(16)25)17(20(18)27-2)5-3-4-6-19(23)24/h7-11H,3-6,12H2,1-2H3,(H,22,25)(H,23,24). The number of nitrogens with one attached hydrogen (secondary N) is 1. The van der Waals surface area contributed by atoms with E-state index < -0.39 is 5.97 Å². The molecule has 0 radical (unpaired) electrons. The molecule has 0 saturated heterocycles. The Bertz CT molecular complexity index is 875. The summed E-state index contributed by atoms with van der Waals surface area (Å²) in [4.78, 5) is 22.6. The van der Waals surface area contributed by atoms with Crippen molar-refractivity contribution in [3.63, 3.8) is 0 Å². The summed E-state index contributed by atoms with van der Waals surface area (Å²) >= 11 is 0. The summed E-state index contributed by atoms with van der Waals surface area (Å²) in [6.45, 7) is 0.531. The highest BCUT2D eigenvalue weighted by Crippen LogP contribution is 2.39. The first kappa shape index (κ1) is 18.8. The van der Waals surface area contributed by atoms with Gasteiger partial charge in [-0.1, -0.05) is 12.1 Å². The van der Waals surface area contributed by atoms with Gasteiger partial charge in [-0.05, 0) is 54.2 Å². The number of fused-ring (bicyclic) bond motifs is 1. The Kier molecular flexibility index (Phi) is 5.64. The van der Waals surface area contributed by atoms with Crippen molar-refractivity contribution in [1.82, 2.24) is 5.32 Å². The van der Waals surface area contributed by atoms with Crippen LogP contribution in [-0.2, 0) is 17.8 Å². The zero-order valence-corrected chi connectivity index (χ0v) is 15.5. The number of carboxylic acids is 1. The van der Waals surface area contributed by atoms with Crippen molar-refractivity contribution < 1.29 is 24.2 Å². The van der Waals surface area contributed by atoms with Gasteiger partial charge in [0.25, 0.3) is 5.91 Å². The highest BCUT2D eigenvalue weighted by molar-refractivity contribution is 5.99. The van der Waals surface area contributed by atoms with E-state index in [0.717, 1.165) is 28.7 Å². The lowest BCUT2D eigenvalue weighted by Crippen LogP contribution is -2.12. The highest BCUT2D eigenvalue weighted by Gasteiger charge is 2.21. The number of amides is 1. The Labute approximate surface area is 158 Å². The molecule has 0 aliphatic carbocycles. The predicted octanol–water partition coefficient (Wildman–Crippen LogP) is 3.41. The van der Waals surface area contributed by atoms with Crippen molar-refractivity contribution in [2.75, 3.05) is 14.2 Å². The number of hydrogen-bond acceptors (Lipinski definition) is 4. The van der Waals surface area contributed by atoms with E-state index >= 15 is 0 Å². The normalized spacial score (nSPS) is 12.4. The minimum Gasteiger partial charge on any atom is -0.493 e. The molecular formula is C21H23NO5. The topological polar surface area (TPSA) is 84.9 Å². The molecule has 2 N–H and O–H groups in total. The molecule has 0 spiro atoms. The first-order valence-electron chi connectivity index (χ1n) is 8.92. The maximum Gasteiger partial charge on any atom is 0.303 e. The minimum atomic E-state index is -0.788. The molecule has 0 fully saturated rings. The summed E-state index contributed by atoms with van der Waals surface area (Å²) in [5.74, 6) is 0.480. The smallest absolute Gasteiger partial charge is 0.303 e. The van der Waals surface area contributed by atoms with Gasteiger partial charge < -0.3 is 19.9 Å². The van der Waals surface area contributed by atoms with Crippen LogP contribution in [0, 0.1) is 0 Å². The van der Waals surface area contributed by atoms with Gasteiger partial charge in [0.2, 0.25) is 0 Å². The third-order valence-electron chi connectivity index (χ3n) is 4.82. The van der Waals surface area contributed by atoms with Gasteiger partial charge in [0, 0.05) is 24.1 Å². The molecule has 6 heteroatoms. The lowest BCUT2D eigenvalue weighted by atomic mass is 9.92. The van der Waals surface area contributed by atoms with E-state index in [-0.39, 0.29) is 12.3 Å². The fourth-order valence-corrected chi connectivity index (χ4v) is 3.49. The zero-order valence-electron chi connectivity index (χ0n) is 15.5. The second-order valence-electron chi connectivity index (χ2n) is 6.48. The average Bonchev–Trinajstić information content (AvgIpc) is 3.04. The number of carboxylic acid groups (broad SMARTS) is 1. The molecule has 1 aliphatic rings. The van der Waals surface area contributed by atoms with Crippen LogP contribution >= 0.6 is 0 Å². The molecule has 0 aromatic heterocycles.